The molecule has 0 aromatic carbocycles. The van der Waals surface area contributed by atoms with Crippen LogP contribution in [0.5, 0.6) is 0 Å². The van der Waals surface area contributed by atoms with Gasteiger partial charge in [0.05, 0.1) is 12.3 Å². The van der Waals surface area contributed by atoms with Crippen LogP contribution in [0.3, 0.4) is 0 Å². The lowest BCUT2D eigenvalue weighted by atomic mass is 9.92. The fourth-order valence-electron chi connectivity index (χ4n) is 1.78. The van der Waals surface area contributed by atoms with Crippen LogP contribution in [0, 0.1) is 5.92 Å². The van der Waals surface area contributed by atoms with E-state index < -0.39 is 0 Å². The minimum Gasteiger partial charge on any atom is -0.373 e. The lowest BCUT2D eigenvalue weighted by Gasteiger charge is -2.27. The maximum Gasteiger partial charge on any atom is 0.220 e. The second-order valence-electron chi connectivity index (χ2n) is 3.66. The number of hydrogen-bond acceptors (Lipinski definition) is 4. The summed E-state index contributed by atoms with van der Waals surface area (Å²) in [5.41, 5.74) is 6.24. The Balaban J connectivity index is 2.08. The minimum absolute atomic E-state index is 0.0771. The first-order valence-corrected chi connectivity index (χ1v) is 4.95. The Morgan fingerprint density at radius 1 is 1.53 bits per heavy atom. The monoisotopic (exact) mass is 207 g/mol. The number of carbonyl (C=O) groups excluding carboxylic acids is 1. The third kappa shape index (κ3) is 2.30. The largest absolute Gasteiger partial charge is 0.373 e. The van der Waals surface area contributed by atoms with E-state index in [9.17, 15) is 4.79 Å². The van der Waals surface area contributed by atoms with Crippen molar-refractivity contribution in [2.24, 2.45) is 11.7 Å². The second-order valence-corrected chi connectivity index (χ2v) is 3.66. The number of hydrogen-bond donors (Lipinski definition) is 1. The van der Waals surface area contributed by atoms with Gasteiger partial charge in [0.15, 0.2) is 0 Å². The average Bonchev–Trinajstić information content (AvgIpc) is 2.30. The van der Waals surface area contributed by atoms with Gasteiger partial charge in [-0.2, -0.15) is 10.2 Å². The van der Waals surface area contributed by atoms with Crippen LogP contribution in [0.4, 0.5) is 0 Å². The summed E-state index contributed by atoms with van der Waals surface area (Å²) in [6.45, 7) is 0.570. The van der Waals surface area contributed by atoms with Crippen molar-refractivity contribution < 1.29 is 9.53 Å². The van der Waals surface area contributed by atoms with Crippen LogP contribution in [0.15, 0.2) is 18.5 Å². The molecule has 0 bridgehead atoms. The highest BCUT2D eigenvalue weighted by Crippen LogP contribution is 2.30. The highest BCUT2D eigenvalue weighted by molar-refractivity contribution is 5.76. The summed E-state index contributed by atoms with van der Waals surface area (Å²) in [6.07, 6.45) is 4.55. The molecule has 5 heteroatoms. The average molecular weight is 207 g/mol. The number of carbonyl (C=O) groups is 1. The topological polar surface area (TPSA) is 78.1 Å². The predicted octanol–water partition coefficient (Wildman–Crippen LogP) is 0.430. The van der Waals surface area contributed by atoms with E-state index in [0.29, 0.717) is 19.4 Å². The molecule has 0 aliphatic carbocycles. The minimum atomic E-state index is -0.245. The van der Waals surface area contributed by atoms with Crippen LogP contribution >= 0.6 is 0 Å². The zero-order chi connectivity index (χ0) is 10.7. The quantitative estimate of drug-likeness (QED) is 0.762. The van der Waals surface area contributed by atoms with Gasteiger partial charge in [-0.25, -0.2) is 0 Å². The maximum absolute atomic E-state index is 11.1. The molecule has 1 saturated heterocycles. The van der Waals surface area contributed by atoms with Crippen molar-refractivity contribution in [3.63, 3.8) is 0 Å². The van der Waals surface area contributed by atoms with Gasteiger partial charge in [0.1, 0.15) is 0 Å². The lowest BCUT2D eigenvalue weighted by Crippen LogP contribution is -2.30. The van der Waals surface area contributed by atoms with E-state index in [2.05, 4.69) is 10.2 Å². The Kier molecular flexibility index (Phi) is 2.91. The molecule has 1 fully saturated rings. The molecule has 2 N–H and O–H groups in total. The molecule has 1 aliphatic rings. The zero-order valence-corrected chi connectivity index (χ0v) is 8.30. The molecule has 1 amide bonds. The molecule has 80 valence electrons. The molecule has 0 spiro atoms. The highest BCUT2D eigenvalue weighted by atomic mass is 16.5. The van der Waals surface area contributed by atoms with Gasteiger partial charge in [-0.15, -0.1) is 0 Å². The molecule has 15 heavy (non-hydrogen) atoms. The van der Waals surface area contributed by atoms with E-state index in [1.54, 1.807) is 12.4 Å². The summed E-state index contributed by atoms with van der Waals surface area (Å²) in [7, 11) is 0. The van der Waals surface area contributed by atoms with Gasteiger partial charge in [-0.3, -0.25) is 4.79 Å². The summed E-state index contributed by atoms with van der Waals surface area (Å²) in [5, 5.41) is 7.48. The molecule has 0 radical (unpaired) electrons. The second kappa shape index (κ2) is 4.35. The van der Waals surface area contributed by atoms with Crippen LogP contribution in [0.25, 0.3) is 0 Å². The van der Waals surface area contributed by atoms with E-state index >= 15 is 0 Å². The van der Waals surface area contributed by atoms with E-state index in [4.69, 9.17) is 10.5 Å². The van der Waals surface area contributed by atoms with Crippen molar-refractivity contribution >= 4 is 5.91 Å². The van der Waals surface area contributed by atoms with Crippen LogP contribution in [-0.4, -0.2) is 22.7 Å². The molecular weight excluding hydrogens is 194 g/mol. The van der Waals surface area contributed by atoms with Gasteiger partial charge in [0, 0.05) is 24.3 Å². The van der Waals surface area contributed by atoms with E-state index in [0.717, 1.165) is 5.56 Å². The van der Waals surface area contributed by atoms with Crippen LogP contribution in [0.1, 0.15) is 24.5 Å². The number of amides is 1. The number of rotatable bonds is 2. The molecule has 2 atom stereocenters. The summed E-state index contributed by atoms with van der Waals surface area (Å²) >= 11 is 0. The predicted molar refractivity (Wildman–Crippen MR) is 52.6 cm³/mol. The first-order valence-electron chi connectivity index (χ1n) is 4.95. The summed E-state index contributed by atoms with van der Waals surface area (Å²) in [6, 6.07) is 1.85. The lowest BCUT2D eigenvalue weighted by molar-refractivity contribution is -0.126. The zero-order valence-electron chi connectivity index (χ0n) is 8.30. The summed E-state index contributed by atoms with van der Waals surface area (Å²) in [4.78, 5) is 11.1. The van der Waals surface area contributed by atoms with Crippen molar-refractivity contribution in [3.05, 3.63) is 24.0 Å². The first-order chi connectivity index (χ1) is 7.27. The SMILES string of the molecule is NC(=O)C1CCOC(c2ccnnc2)C1. The Morgan fingerprint density at radius 2 is 2.40 bits per heavy atom. The fraction of sp³-hybridized carbons (Fsp3) is 0.500. The molecular formula is C10H13N3O2. The van der Waals surface area contributed by atoms with Gasteiger partial charge in [-0.1, -0.05) is 0 Å². The fourth-order valence-corrected chi connectivity index (χ4v) is 1.78. The number of ether oxygens (including phenoxy) is 1. The molecule has 2 rings (SSSR count). The smallest absolute Gasteiger partial charge is 0.220 e. The van der Waals surface area contributed by atoms with Crippen molar-refractivity contribution in [2.75, 3.05) is 6.61 Å². The van der Waals surface area contributed by atoms with Crippen LogP contribution in [-0.2, 0) is 9.53 Å². The van der Waals surface area contributed by atoms with Crippen LogP contribution in [0.2, 0.25) is 0 Å². The number of primary amides is 1. The molecule has 2 heterocycles. The Bertz CT molecular complexity index is 342. The van der Waals surface area contributed by atoms with Crippen molar-refractivity contribution in [2.45, 2.75) is 18.9 Å². The van der Waals surface area contributed by atoms with Crippen molar-refractivity contribution in [3.8, 4) is 0 Å². The van der Waals surface area contributed by atoms with E-state index in [-0.39, 0.29) is 17.9 Å². The maximum atomic E-state index is 11.1. The van der Waals surface area contributed by atoms with Gasteiger partial charge in [0.25, 0.3) is 0 Å². The molecule has 1 aromatic heterocycles. The number of nitrogens with zero attached hydrogens (tertiary/aromatic N) is 2. The van der Waals surface area contributed by atoms with E-state index in [1.807, 2.05) is 6.07 Å². The molecule has 5 nitrogen and oxygen atoms in total. The highest BCUT2D eigenvalue weighted by Gasteiger charge is 2.27. The molecule has 0 saturated carbocycles. The first kappa shape index (κ1) is 10.0. The third-order valence-electron chi connectivity index (χ3n) is 2.67. The van der Waals surface area contributed by atoms with Crippen molar-refractivity contribution in [1.29, 1.82) is 0 Å². The Labute approximate surface area is 87.6 Å². The molecule has 1 aromatic rings. The molecule has 2 unspecified atom stereocenters. The van der Waals surface area contributed by atoms with Gasteiger partial charge < -0.3 is 10.5 Å². The third-order valence-corrected chi connectivity index (χ3v) is 2.67. The summed E-state index contributed by atoms with van der Waals surface area (Å²) in [5.74, 6) is -0.331. The van der Waals surface area contributed by atoms with Gasteiger partial charge >= 0.3 is 0 Å². The number of aromatic nitrogens is 2. The summed E-state index contributed by atoms with van der Waals surface area (Å²) < 4.78 is 5.57. The Morgan fingerprint density at radius 3 is 3.07 bits per heavy atom. The van der Waals surface area contributed by atoms with Crippen molar-refractivity contribution in [1.82, 2.24) is 10.2 Å². The normalized spacial score (nSPS) is 26.1. The molecule has 1 aliphatic heterocycles. The van der Waals surface area contributed by atoms with Crippen LogP contribution < -0.4 is 5.73 Å². The van der Waals surface area contributed by atoms with E-state index in [1.165, 1.54) is 0 Å². The van der Waals surface area contributed by atoms with Gasteiger partial charge in [0.2, 0.25) is 5.91 Å². The number of nitrogens with two attached hydrogens (primary N) is 1. The Hall–Kier alpha value is -1.49. The standard InChI is InChI=1S/C10H13N3O2/c11-10(14)7-2-4-15-9(5-7)8-1-3-12-13-6-8/h1,3,6-7,9H,2,4-5H2,(H2,11,14). The van der Waals surface area contributed by atoms with Gasteiger partial charge in [-0.05, 0) is 18.9 Å².